The number of aromatic nitrogens is 3. The van der Waals surface area contributed by atoms with Crippen LogP contribution in [-0.2, 0) is 11.3 Å². The van der Waals surface area contributed by atoms with Gasteiger partial charge in [0.25, 0.3) is 0 Å². The van der Waals surface area contributed by atoms with Crippen molar-refractivity contribution in [2.45, 2.75) is 25.0 Å². The topological polar surface area (TPSA) is 63.1 Å². The van der Waals surface area contributed by atoms with E-state index in [9.17, 15) is 4.79 Å². The quantitative estimate of drug-likeness (QED) is 0.826. The van der Waals surface area contributed by atoms with Gasteiger partial charge in [-0.3, -0.25) is 9.36 Å². The number of rotatable bonds is 6. The highest BCUT2D eigenvalue weighted by Crippen LogP contribution is 2.31. The van der Waals surface area contributed by atoms with Gasteiger partial charge < -0.3 is 10.2 Å². The third-order valence-electron chi connectivity index (χ3n) is 3.46. The number of amides is 1. The third kappa shape index (κ3) is 3.09. The molecule has 6 nitrogen and oxygen atoms in total. The molecule has 7 heteroatoms. The minimum Gasteiger partial charge on any atom is -0.355 e. The maximum Gasteiger partial charge on any atom is 0.232 e. The number of hydrogen-bond acceptors (Lipinski definition) is 5. The zero-order chi connectivity index (χ0) is 15.4. The summed E-state index contributed by atoms with van der Waals surface area (Å²) in [5.41, 5.74) is 1.12. The molecule has 1 amide bonds. The first-order valence-corrected chi connectivity index (χ1v) is 8.43. The number of carbonyl (C=O) groups is 1. The first kappa shape index (κ1) is 14.9. The van der Waals surface area contributed by atoms with Crippen molar-refractivity contribution >= 4 is 29.3 Å². The molecule has 2 heterocycles. The van der Waals surface area contributed by atoms with Gasteiger partial charge in [0.05, 0.1) is 5.75 Å². The second-order valence-electron chi connectivity index (χ2n) is 5.06. The van der Waals surface area contributed by atoms with Crippen molar-refractivity contribution in [2.75, 3.05) is 23.7 Å². The zero-order valence-electron chi connectivity index (χ0n) is 12.5. The van der Waals surface area contributed by atoms with Gasteiger partial charge in [-0.25, -0.2) is 0 Å². The van der Waals surface area contributed by atoms with Crippen molar-refractivity contribution in [1.82, 2.24) is 20.1 Å². The van der Waals surface area contributed by atoms with Crippen molar-refractivity contribution in [3.63, 3.8) is 0 Å². The molecule has 1 aromatic carbocycles. The maximum absolute atomic E-state index is 11.7. The van der Waals surface area contributed by atoms with Crippen molar-refractivity contribution in [3.05, 3.63) is 30.3 Å². The van der Waals surface area contributed by atoms with Crippen LogP contribution in [0.3, 0.4) is 0 Å². The molecule has 0 fully saturated rings. The highest BCUT2D eigenvalue weighted by atomic mass is 32.2. The molecular formula is C15H19N5OS. The van der Waals surface area contributed by atoms with Crippen LogP contribution in [0, 0.1) is 0 Å². The summed E-state index contributed by atoms with van der Waals surface area (Å²) in [5.74, 6) is 1.27. The summed E-state index contributed by atoms with van der Waals surface area (Å²) in [6.45, 7) is 4.48. The summed E-state index contributed by atoms with van der Waals surface area (Å²) in [6, 6.07) is 10.2. The molecular weight excluding hydrogens is 298 g/mol. The zero-order valence-corrected chi connectivity index (χ0v) is 13.3. The fourth-order valence-electron chi connectivity index (χ4n) is 2.38. The molecule has 116 valence electrons. The van der Waals surface area contributed by atoms with E-state index in [-0.39, 0.29) is 5.91 Å². The molecule has 1 N–H and O–H groups in total. The number of anilines is 2. The van der Waals surface area contributed by atoms with E-state index in [1.807, 2.05) is 25.1 Å². The normalized spacial score (nSPS) is 13.2. The summed E-state index contributed by atoms with van der Waals surface area (Å²) in [4.78, 5) is 13.8. The van der Waals surface area contributed by atoms with E-state index in [4.69, 9.17) is 0 Å². The van der Waals surface area contributed by atoms with Crippen LogP contribution >= 0.6 is 11.8 Å². The van der Waals surface area contributed by atoms with E-state index in [0.717, 1.165) is 42.8 Å². The molecule has 0 spiro atoms. The molecule has 3 rings (SSSR count). The van der Waals surface area contributed by atoms with Crippen molar-refractivity contribution in [1.29, 1.82) is 0 Å². The van der Waals surface area contributed by atoms with Crippen LogP contribution in [0.2, 0.25) is 0 Å². The second-order valence-corrected chi connectivity index (χ2v) is 6.00. The molecule has 0 aliphatic carbocycles. The number of benzene rings is 1. The average molecular weight is 317 g/mol. The Morgan fingerprint density at radius 2 is 2.09 bits per heavy atom. The summed E-state index contributed by atoms with van der Waals surface area (Å²) in [7, 11) is 0. The Bertz CT molecular complexity index is 643. The lowest BCUT2D eigenvalue weighted by Gasteiger charge is -2.14. The average Bonchev–Trinajstić information content (AvgIpc) is 3.13. The monoisotopic (exact) mass is 317 g/mol. The maximum atomic E-state index is 11.7. The van der Waals surface area contributed by atoms with E-state index in [0.29, 0.717) is 5.75 Å². The molecule has 0 unspecified atom stereocenters. The fraction of sp³-hybridized carbons (Fsp3) is 0.400. The molecule has 1 aliphatic heterocycles. The summed E-state index contributed by atoms with van der Waals surface area (Å²) < 4.78 is 2.07. The Morgan fingerprint density at radius 1 is 1.27 bits per heavy atom. The number of fused-ring (bicyclic) bond motifs is 1. The standard InChI is InChI=1S/C15H19N5OS/c1-2-8-16-13(21)11-22-15-18-17-14-19(9-10-20(14)15)12-6-4-3-5-7-12/h3-7H,2,8-11H2,1H3,(H,16,21). The molecule has 0 saturated carbocycles. The molecule has 22 heavy (non-hydrogen) atoms. The number of para-hydroxylation sites is 1. The first-order chi connectivity index (χ1) is 10.8. The van der Waals surface area contributed by atoms with E-state index in [1.54, 1.807) is 0 Å². The van der Waals surface area contributed by atoms with Crippen LogP contribution in [0.25, 0.3) is 0 Å². The third-order valence-corrected chi connectivity index (χ3v) is 4.43. The van der Waals surface area contributed by atoms with E-state index >= 15 is 0 Å². The van der Waals surface area contributed by atoms with Crippen LogP contribution < -0.4 is 10.2 Å². The van der Waals surface area contributed by atoms with Crippen LogP contribution in [0.1, 0.15) is 13.3 Å². The van der Waals surface area contributed by atoms with Gasteiger partial charge in [-0.15, -0.1) is 10.2 Å². The second kappa shape index (κ2) is 6.83. The smallest absolute Gasteiger partial charge is 0.232 e. The van der Waals surface area contributed by atoms with Crippen molar-refractivity contribution < 1.29 is 4.79 Å². The van der Waals surface area contributed by atoms with E-state index in [1.165, 1.54) is 11.8 Å². The minimum absolute atomic E-state index is 0.0436. The summed E-state index contributed by atoms with van der Waals surface area (Å²) >= 11 is 1.44. The molecule has 0 bridgehead atoms. The number of nitrogens with zero attached hydrogens (tertiary/aromatic N) is 4. The molecule has 0 atom stereocenters. The predicted octanol–water partition coefficient (Wildman–Crippen LogP) is 2.05. The van der Waals surface area contributed by atoms with Crippen molar-refractivity contribution in [3.8, 4) is 0 Å². The van der Waals surface area contributed by atoms with Gasteiger partial charge in [-0.2, -0.15) is 0 Å². The molecule has 1 aliphatic rings. The fourth-order valence-corrected chi connectivity index (χ4v) is 3.17. The Kier molecular flexibility index (Phi) is 4.62. The lowest BCUT2D eigenvalue weighted by atomic mass is 10.3. The van der Waals surface area contributed by atoms with Gasteiger partial charge in [0.2, 0.25) is 11.9 Å². The van der Waals surface area contributed by atoms with Gasteiger partial charge >= 0.3 is 0 Å². The summed E-state index contributed by atoms with van der Waals surface area (Å²) in [5, 5.41) is 12.2. The molecule has 1 aromatic heterocycles. The number of nitrogens with one attached hydrogen (secondary N) is 1. The van der Waals surface area contributed by atoms with Gasteiger partial charge in [0, 0.05) is 25.3 Å². The van der Waals surface area contributed by atoms with Gasteiger partial charge in [-0.05, 0) is 18.6 Å². The Morgan fingerprint density at radius 3 is 2.86 bits per heavy atom. The Labute approximate surface area is 133 Å². The lowest BCUT2D eigenvalue weighted by Crippen LogP contribution is -2.25. The Balaban J connectivity index is 1.67. The van der Waals surface area contributed by atoms with E-state index in [2.05, 4.69) is 37.1 Å². The molecule has 0 radical (unpaired) electrons. The van der Waals surface area contributed by atoms with Gasteiger partial charge in [0.15, 0.2) is 5.16 Å². The number of carbonyl (C=O) groups excluding carboxylic acids is 1. The Hall–Kier alpha value is -2.02. The van der Waals surface area contributed by atoms with Crippen LogP contribution in [0.4, 0.5) is 11.6 Å². The largest absolute Gasteiger partial charge is 0.355 e. The number of hydrogen-bond donors (Lipinski definition) is 1. The molecule has 2 aromatic rings. The number of thioether (sulfide) groups is 1. The predicted molar refractivity (Wildman–Crippen MR) is 87.5 cm³/mol. The van der Waals surface area contributed by atoms with Gasteiger partial charge in [-0.1, -0.05) is 36.9 Å². The molecule has 0 saturated heterocycles. The highest BCUT2D eigenvalue weighted by Gasteiger charge is 2.26. The van der Waals surface area contributed by atoms with E-state index < -0.39 is 0 Å². The van der Waals surface area contributed by atoms with Crippen LogP contribution in [0.5, 0.6) is 0 Å². The van der Waals surface area contributed by atoms with Crippen molar-refractivity contribution in [2.24, 2.45) is 0 Å². The lowest BCUT2D eigenvalue weighted by molar-refractivity contribution is -0.118. The summed E-state index contributed by atoms with van der Waals surface area (Å²) in [6.07, 6.45) is 0.947. The van der Waals surface area contributed by atoms with Gasteiger partial charge in [0.1, 0.15) is 0 Å². The highest BCUT2D eigenvalue weighted by molar-refractivity contribution is 7.99. The minimum atomic E-state index is 0.0436. The van der Waals surface area contributed by atoms with Crippen LogP contribution in [-0.4, -0.2) is 39.5 Å². The first-order valence-electron chi connectivity index (χ1n) is 7.45. The van der Waals surface area contributed by atoms with Crippen LogP contribution in [0.15, 0.2) is 35.5 Å². The SMILES string of the molecule is CCCNC(=O)CSc1nnc2n1CCN2c1ccccc1.